The number of benzene rings is 2. The summed E-state index contributed by atoms with van der Waals surface area (Å²) in [7, 11) is -3.61. The number of anilines is 1. The van der Waals surface area contributed by atoms with E-state index in [1.807, 2.05) is 0 Å². The van der Waals surface area contributed by atoms with Crippen LogP contribution in [-0.2, 0) is 20.6 Å². The van der Waals surface area contributed by atoms with Gasteiger partial charge in [0.1, 0.15) is 5.82 Å². The monoisotopic (exact) mass is 424 g/mol. The number of halogens is 1. The topological polar surface area (TPSA) is 66.5 Å². The summed E-state index contributed by atoms with van der Waals surface area (Å²) in [6.07, 6.45) is 0. The largest absolute Gasteiger partial charge is 0.325 e. The third-order valence-corrected chi connectivity index (χ3v) is 7.38. The number of nitrogens with one attached hydrogen (secondary N) is 1. The first-order chi connectivity index (χ1) is 13.3. The van der Waals surface area contributed by atoms with Crippen molar-refractivity contribution in [1.82, 2.24) is 4.31 Å². The van der Waals surface area contributed by atoms with Crippen molar-refractivity contribution < 1.29 is 17.6 Å². The Morgan fingerprint density at radius 1 is 1.14 bits per heavy atom. The molecule has 0 atom stereocenters. The first-order valence-electron chi connectivity index (χ1n) is 9.00. The molecule has 0 fully saturated rings. The molecule has 8 heteroatoms. The normalized spacial score (nSPS) is 11.6. The maximum absolute atomic E-state index is 13.2. The van der Waals surface area contributed by atoms with Crippen molar-refractivity contribution in [3.8, 4) is 0 Å². The fraction of sp³-hybridized carbons (Fsp3) is 0.350. The van der Waals surface area contributed by atoms with E-state index in [9.17, 15) is 17.6 Å². The molecule has 0 heterocycles. The Labute approximate surface area is 170 Å². The molecule has 0 saturated carbocycles. The number of sulfonamides is 1. The number of hydrogen-bond donors (Lipinski definition) is 1. The molecule has 0 aliphatic carbocycles. The Morgan fingerprint density at radius 3 is 2.50 bits per heavy atom. The van der Waals surface area contributed by atoms with Crippen LogP contribution in [0.25, 0.3) is 0 Å². The van der Waals surface area contributed by atoms with Crippen LogP contribution >= 0.6 is 11.8 Å². The van der Waals surface area contributed by atoms with Crippen molar-refractivity contribution in [2.24, 2.45) is 0 Å². The van der Waals surface area contributed by atoms with Crippen molar-refractivity contribution in [1.29, 1.82) is 0 Å². The highest BCUT2D eigenvalue weighted by molar-refractivity contribution is 7.99. The molecule has 0 radical (unpaired) electrons. The molecule has 2 aromatic rings. The van der Waals surface area contributed by atoms with Gasteiger partial charge in [-0.25, -0.2) is 12.8 Å². The Kier molecular flexibility index (Phi) is 8.03. The van der Waals surface area contributed by atoms with Crippen LogP contribution in [0.2, 0.25) is 0 Å². The number of nitrogens with zero attached hydrogens (tertiary/aromatic N) is 1. The molecule has 152 valence electrons. The number of amides is 1. The fourth-order valence-electron chi connectivity index (χ4n) is 2.74. The molecular weight excluding hydrogens is 399 g/mol. The van der Waals surface area contributed by atoms with E-state index in [2.05, 4.69) is 5.32 Å². The Morgan fingerprint density at radius 2 is 1.86 bits per heavy atom. The zero-order chi connectivity index (χ0) is 20.7. The van der Waals surface area contributed by atoms with Crippen LogP contribution in [0.4, 0.5) is 10.1 Å². The molecule has 5 nitrogen and oxygen atoms in total. The summed E-state index contributed by atoms with van der Waals surface area (Å²) in [6.45, 7) is 6.07. The van der Waals surface area contributed by atoms with Crippen LogP contribution in [0, 0.1) is 12.7 Å². The molecule has 0 unspecified atom stereocenters. The van der Waals surface area contributed by atoms with Gasteiger partial charge in [-0.1, -0.05) is 32.0 Å². The van der Waals surface area contributed by atoms with Gasteiger partial charge in [0.25, 0.3) is 0 Å². The Hall–Kier alpha value is -1.90. The first kappa shape index (κ1) is 22.4. The predicted molar refractivity (Wildman–Crippen MR) is 112 cm³/mol. The van der Waals surface area contributed by atoms with Crippen molar-refractivity contribution in [2.45, 2.75) is 31.4 Å². The number of rotatable bonds is 9. The number of hydrogen-bond acceptors (Lipinski definition) is 4. The van der Waals surface area contributed by atoms with Gasteiger partial charge < -0.3 is 5.32 Å². The van der Waals surface area contributed by atoms with Crippen molar-refractivity contribution in [3.05, 3.63) is 59.4 Å². The number of aryl methyl sites for hydroxylation is 1. The van der Waals surface area contributed by atoms with Gasteiger partial charge in [0.2, 0.25) is 15.9 Å². The molecule has 0 aromatic heterocycles. The quantitative estimate of drug-likeness (QED) is 0.660. The van der Waals surface area contributed by atoms with Crippen LogP contribution in [0.5, 0.6) is 0 Å². The number of carbonyl (C=O) groups is 1. The summed E-state index contributed by atoms with van der Waals surface area (Å²) in [6, 6.07) is 11.1. The standard InChI is InChI=1S/C20H25FN2O3S2/c1-4-23(5-2)28(25,26)19-12-18(10-9-15(19)3)22-20(24)14-27-13-16-7-6-8-17(21)11-16/h6-12H,4-5,13-14H2,1-3H3,(H,22,24). The molecular formula is C20H25FN2O3S2. The highest BCUT2D eigenvalue weighted by atomic mass is 32.2. The van der Waals surface area contributed by atoms with Gasteiger partial charge in [-0.3, -0.25) is 4.79 Å². The van der Waals surface area contributed by atoms with E-state index < -0.39 is 10.0 Å². The summed E-state index contributed by atoms with van der Waals surface area (Å²) in [5.74, 6) is 0.156. The number of carbonyl (C=O) groups excluding carboxylic acids is 1. The van der Waals surface area contributed by atoms with Crippen LogP contribution in [0.3, 0.4) is 0 Å². The van der Waals surface area contributed by atoms with Gasteiger partial charge in [0.15, 0.2) is 0 Å². The van der Waals surface area contributed by atoms with E-state index in [1.165, 1.54) is 34.3 Å². The molecule has 2 rings (SSSR count). The maximum Gasteiger partial charge on any atom is 0.243 e. The van der Waals surface area contributed by atoms with Gasteiger partial charge in [0, 0.05) is 24.5 Å². The molecule has 0 aliphatic rings. The van der Waals surface area contributed by atoms with E-state index in [1.54, 1.807) is 45.0 Å². The summed E-state index contributed by atoms with van der Waals surface area (Å²) in [4.78, 5) is 12.4. The van der Waals surface area contributed by atoms with Crippen molar-refractivity contribution >= 4 is 33.4 Å². The summed E-state index contributed by atoms with van der Waals surface area (Å²) in [5, 5.41) is 2.74. The van der Waals surface area contributed by atoms with E-state index in [-0.39, 0.29) is 22.4 Å². The summed E-state index contributed by atoms with van der Waals surface area (Å²) >= 11 is 1.36. The zero-order valence-electron chi connectivity index (χ0n) is 16.2. The highest BCUT2D eigenvalue weighted by Gasteiger charge is 2.24. The van der Waals surface area contributed by atoms with E-state index >= 15 is 0 Å². The smallest absolute Gasteiger partial charge is 0.243 e. The lowest BCUT2D eigenvalue weighted by atomic mass is 10.2. The molecule has 1 amide bonds. The van der Waals surface area contributed by atoms with Gasteiger partial charge in [-0.05, 0) is 42.3 Å². The van der Waals surface area contributed by atoms with E-state index in [0.29, 0.717) is 30.1 Å². The summed E-state index contributed by atoms with van der Waals surface area (Å²) in [5.41, 5.74) is 1.87. The van der Waals surface area contributed by atoms with Crippen LogP contribution in [0.15, 0.2) is 47.4 Å². The predicted octanol–water partition coefficient (Wildman–Crippen LogP) is 4.04. The van der Waals surface area contributed by atoms with Crippen LogP contribution in [0.1, 0.15) is 25.0 Å². The molecule has 0 aliphatic heterocycles. The van der Waals surface area contributed by atoms with Gasteiger partial charge in [0.05, 0.1) is 10.6 Å². The average molecular weight is 425 g/mol. The molecule has 2 aromatic carbocycles. The van der Waals surface area contributed by atoms with Gasteiger partial charge in [-0.15, -0.1) is 11.8 Å². The van der Waals surface area contributed by atoms with Crippen molar-refractivity contribution in [3.63, 3.8) is 0 Å². The minimum Gasteiger partial charge on any atom is -0.325 e. The number of thioether (sulfide) groups is 1. The summed E-state index contributed by atoms with van der Waals surface area (Å²) < 4.78 is 40.1. The second-order valence-electron chi connectivity index (χ2n) is 6.24. The van der Waals surface area contributed by atoms with Crippen LogP contribution < -0.4 is 5.32 Å². The molecule has 0 bridgehead atoms. The fourth-order valence-corrected chi connectivity index (χ4v) is 5.23. The van der Waals surface area contributed by atoms with E-state index in [4.69, 9.17) is 0 Å². The average Bonchev–Trinajstić information content (AvgIpc) is 2.64. The maximum atomic E-state index is 13.2. The lowest BCUT2D eigenvalue weighted by Gasteiger charge is -2.20. The second-order valence-corrected chi connectivity index (χ2v) is 9.13. The highest BCUT2D eigenvalue weighted by Crippen LogP contribution is 2.24. The minimum absolute atomic E-state index is 0.183. The molecule has 1 N–H and O–H groups in total. The second kappa shape index (κ2) is 10.0. The first-order valence-corrected chi connectivity index (χ1v) is 11.6. The van der Waals surface area contributed by atoms with Crippen molar-refractivity contribution in [2.75, 3.05) is 24.2 Å². The molecule has 28 heavy (non-hydrogen) atoms. The molecule has 0 saturated heterocycles. The Bertz CT molecular complexity index is 929. The van der Waals surface area contributed by atoms with E-state index in [0.717, 1.165) is 5.56 Å². The van der Waals surface area contributed by atoms with Gasteiger partial charge >= 0.3 is 0 Å². The molecule has 0 spiro atoms. The zero-order valence-corrected chi connectivity index (χ0v) is 17.9. The van der Waals surface area contributed by atoms with Gasteiger partial charge in [-0.2, -0.15) is 4.31 Å². The SMILES string of the molecule is CCN(CC)S(=O)(=O)c1cc(NC(=O)CSCc2cccc(F)c2)ccc1C. The lowest BCUT2D eigenvalue weighted by molar-refractivity contribution is -0.113. The third kappa shape index (κ3) is 5.80. The third-order valence-electron chi connectivity index (χ3n) is 4.19. The lowest BCUT2D eigenvalue weighted by Crippen LogP contribution is -2.31. The minimum atomic E-state index is -3.61. The Balaban J connectivity index is 2.03. The van der Waals surface area contributed by atoms with Crippen LogP contribution in [-0.4, -0.2) is 37.5 Å².